The molecule has 6 heteroatoms. The number of rotatable bonds is 3. The van der Waals surface area contributed by atoms with Crippen LogP contribution in [0, 0.1) is 5.92 Å². The molecule has 0 spiro atoms. The minimum absolute atomic E-state index is 0.0199. The molecule has 0 saturated heterocycles. The quantitative estimate of drug-likeness (QED) is 0.781. The number of carbonyl (C=O) groups is 1. The molecule has 0 bridgehead atoms. The molecule has 0 unspecified atom stereocenters. The summed E-state index contributed by atoms with van der Waals surface area (Å²) < 4.78 is 11.5. The van der Waals surface area contributed by atoms with Crippen molar-refractivity contribution in [2.24, 2.45) is 5.92 Å². The second-order valence-electron chi connectivity index (χ2n) is 7.36. The molecule has 1 aliphatic carbocycles. The van der Waals surface area contributed by atoms with Crippen molar-refractivity contribution >= 4 is 5.97 Å². The first-order chi connectivity index (χ1) is 11.2. The minimum Gasteiger partial charge on any atom is -0.496 e. The molecular formula is C18H24O6. The second kappa shape index (κ2) is 5.63. The maximum Gasteiger partial charge on any atom is 0.339 e. The molecule has 3 rings (SSSR count). The predicted molar refractivity (Wildman–Crippen MR) is 86.7 cm³/mol. The Morgan fingerprint density at radius 2 is 2.08 bits per heavy atom. The van der Waals surface area contributed by atoms with Gasteiger partial charge >= 0.3 is 5.97 Å². The maximum atomic E-state index is 11.5. The molecule has 1 aromatic carbocycles. The Morgan fingerprint density at radius 1 is 1.38 bits per heavy atom. The number of aromatic carboxylic acids is 1. The van der Waals surface area contributed by atoms with Crippen LogP contribution in [-0.4, -0.2) is 45.7 Å². The van der Waals surface area contributed by atoms with Gasteiger partial charge in [0.05, 0.1) is 18.8 Å². The lowest BCUT2D eigenvalue weighted by Crippen LogP contribution is -2.51. The summed E-state index contributed by atoms with van der Waals surface area (Å²) in [6, 6.07) is 3.14. The summed E-state index contributed by atoms with van der Waals surface area (Å²) in [6.07, 6.45) is 1.31. The highest BCUT2D eigenvalue weighted by Crippen LogP contribution is 2.49. The lowest BCUT2D eigenvalue weighted by Gasteiger charge is -2.43. The van der Waals surface area contributed by atoms with Gasteiger partial charge in [0.2, 0.25) is 0 Å². The molecule has 0 radical (unpaired) electrons. The molecule has 132 valence electrons. The summed E-state index contributed by atoms with van der Waals surface area (Å²) in [5.41, 5.74) is -0.828. The van der Waals surface area contributed by atoms with Crippen LogP contribution < -0.4 is 9.47 Å². The SMILES string of the molecule is COc1ccc(C(=O)O)c2c1C[C@@](C)([C@@H]1CC[C@](C)(O)[C@H](O)C1)O2. The van der Waals surface area contributed by atoms with Gasteiger partial charge in [-0.15, -0.1) is 0 Å². The van der Waals surface area contributed by atoms with Gasteiger partial charge in [-0.3, -0.25) is 0 Å². The van der Waals surface area contributed by atoms with Crippen LogP contribution in [0.15, 0.2) is 12.1 Å². The van der Waals surface area contributed by atoms with Gasteiger partial charge in [0, 0.05) is 17.9 Å². The Kier molecular flexibility index (Phi) is 4.00. The van der Waals surface area contributed by atoms with Gasteiger partial charge in [-0.2, -0.15) is 0 Å². The molecule has 1 heterocycles. The molecule has 3 N–H and O–H groups in total. The number of aliphatic hydroxyl groups is 2. The smallest absolute Gasteiger partial charge is 0.339 e. The van der Waals surface area contributed by atoms with Crippen molar-refractivity contribution in [3.63, 3.8) is 0 Å². The zero-order valence-electron chi connectivity index (χ0n) is 14.2. The fourth-order valence-electron chi connectivity index (χ4n) is 3.93. The average molecular weight is 336 g/mol. The number of aliphatic hydroxyl groups excluding tert-OH is 1. The number of carboxylic acid groups (broad SMARTS) is 1. The zero-order chi connectivity index (χ0) is 17.7. The molecule has 1 aromatic rings. The van der Waals surface area contributed by atoms with Gasteiger partial charge in [0.1, 0.15) is 22.7 Å². The molecule has 24 heavy (non-hydrogen) atoms. The normalized spacial score (nSPS) is 35.2. The molecule has 6 nitrogen and oxygen atoms in total. The van der Waals surface area contributed by atoms with E-state index in [-0.39, 0.29) is 11.5 Å². The van der Waals surface area contributed by atoms with Crippen LogP contribution >= 0.6 is 0 Å². The number of carboxylic acids is 1. The molecule has 1 saturated carbocycles. The summed E-state index contributed by atoms with van der Waals surface area (Å²) in [5.74, 6) is -0.0468. The van der Waals surface area contributed by atoms with Crippen LogP contribution in [0.4, 0.5) is 0 Å². The highest BCUT2D eigenvalue weighted by Gasteiger charge is 2.49. The van der Waals surface area contributed by atoms with Gasteiger partial charge in [-0.1, -0.05) is 0 Å². The summed E-state index contributed by atoms with van der Waals surface area (Å²) in [7, 11) is 1.55. The number of hydrogen-bond acceptors (Lipinski definition) is 5. The number of benzene rings is 1. The van der Waals surface area contributed by atoms with Crippen LogP contribution in [0.1, 0.15) is 49.0 Å². The third kappa shape index (κ3) is 2.63. The highest BCUT2D eigenvalue weighted by atomic mass is 16.5. The van der Waals surface area contributed by atoms with Crippen molar-refractivity contribution in [2.45, 2.75) is 56.8 Å². The van der Waals surface area contributed by atoms with E-state index in [1.165, 1.54) is 6.07 Å². The van der Waals surface area contributed by atoms with E-state index in [1.807, 2.05) is 6.92 Å². The maximum absolute atomic E-state index is 11.5. The van der Waals surface area contributed by atoms with E-state index in [1.54, 1.807) is 20.1 Å². The van der Waals surface area contributed by atoms with Crippen molar-refractivity contribution in [1.29, 1.82) is 0 Å². The molecule has 4 atom stereocenters. The van der Waals surface area contributed by atoms with Crippen molar-refractivity contribution < 1.29 is 29.6 Å². The monoisotopic (exact) mass is 336 g/mol. The lowest BCUT2D eigenvalue weighted by molar-refractivity contribution is -0.121. The molecule has 0 aromatic heterocycles. The largest absolute Gasteiger partial charge is 0.496 e. The van der Waals surface area contributed by atoms with Crippen LogP contribution in [0.5, 0.6) is 11.5 Å². The minimum atomic E-state index is -1.08. The fourth-order valence-corrected chi connectivity index (χ4v) is 3.93. The first kappa shape index (κ1) is 17.0. The van der Waals surface area contributed by atoms with E-state index >= 15 is 0 Å². The third-order valence-electron chi connectivity index (χ3n) is 5.62. The summed E-state index contributed by atoms with van der Waals surface area (Å²) in [5, 5.41) is 29.8. The Balaban J connectivity index is 1.92. The van der Waals surface area contributed by atoms with Crippen molar-refractivity contribution in [1.82, 2.24) is 0 Å². The zero-order valence-corrected chi connectivity index (χ0v) is 14.2. The fraction of sp³-hybridized carbons (Fsp3) is 0.611. The van der Waals surface area contributed by atoms with E-state index in [0.29, 0.717) is 37.2 Å². The number of ether oxygens (including phenoxy) is 2. The summed E-state index contributed by atoms with van der Waals surface area (Å²) in [4.78, 5) is 11.5. The van der Waals surface area contributed by atoms with Crippen molar-refractivity contribution in [3.05, 3.63) is 23.3 Å². The van der Waals surface area contributed by atoms with E-state index in [2.05, 4.69) is 0 Å². The average Bonchev–Trinajstić information content (AvgIpc) is 2.87. The number of fused-ring (bicyclic) bond motifs is 1. The van der Waals surface area contributed by atoms with Gasteiger partial charge in [0.15, 0.2) is 0 Å². The Hall–Kier alpha value is -1.79. The van der Waals surface area contributed by atoms with Crippen molar-refractivity contribution in [2.75, 3.05) is 7.11 Å². The van der Waals surface area contributed by atoms with E-state index in [9.17, 15) is 20.1 Å². The number of hydrogen-bond donors (Lipinski definition) is 3. The molecular weight excluding hydrogens is 312 g/mol. The molecule has 2 aliphatic rings. The lowest BCUT2D eigenvalue weighted by atomic mass is 9.70. The second-order valence-corrected chi connectivity index (χ2v) is 7.36. The molecule has 1 fully saturated rings. The Bertz CT molecular complexity index is 668. The first-order valence-corrected chi connectivity index (χ1v) is 8.20. The molecule has 0 amide bonds. The topological polar surface area (TPSA) is 96.2 Å². The van der Waals surface area contributed by atoms with Crippen LogP contribution in [0.3, 0.4) is 0 Å². The Morgan fingerprint density at radius 3 is 2.67 bits per heavy atom. The molecule has 1 aliphatic heterocycles. The van der Waals surface area contributed by atoms with E-state index in [0.717, 1.165) is 5.56 Å². The standard InChI is InChI=1S/C18H24O6/c1-17(22)7-6-10(8-14(17)19)18(2)9-12-13(23-3)5-4-11(16(20)21)15(12)24-18/h4-5,10,14,19,22H,6-9H2,1-3H3,(H,20,21)/t10-,14-,17+,18+/m1/s1. The summed E-state index contributed by atoms with van der Waals surface area (Å²) >= 11 is 0. The van der Waals surface area contributed by atoms with Gasteiger partial charge < -0.3 is 24.8 Å². The van der Waals surface area contributed by atoms with E-state index < -0.39 is 23.3 Å². The van der Waals surface area contributed by atoms with Crippen molar-refractivity contribution in [3.8, 4) is 11.5 Å². The summed E-state index contributed by atoms with van der Waals surface area (Å²) in [6.45, 7) is 3.58. The third-order valence-corrected chi connectivity index (χ3v) is 5.62. The Labute approximate surface area is 141 Å². The van der Waals surface area contributed by atoms with Gasteiger partial charge in [0.25, 0.3) is 0 Å². The van der Waals surface area contributed by atoms with Gasteiger partial charge in [-0.05, 0) is 45.2 Å². The first-order valence-electron chi connectivity index (χ1n) is 8.20. The van der Waals surface area contributed by atoms with E-state index in [4.69, 9.17) is 9.47 Å². The van der Waals surface area contributed by atoms with Crippen LogP contribution in [0.2, 0.25) is 0 Å². The van der Waals surface area contributed by atoms with Crippen LogP contribution in [0.25, 0.3) is 0 Å². The van der Waals surface area contributed by atoms with Crippen LogP contribution in [-0.2, 0) is 6.42 Å². The predicted octanol–water partition coefficient (Wildman–Crippen LogP) is 2.00. The highest BCUT2D eigenvalue weighted by molar-refractivity contribution is 5.92. The number of methoxy groups -OCH3 is 1. The van der Waals surface area contributed by atoms with Gasteiger partial charge in [-0.25, -0.2) is 4.79 Å².